The van der Waals surface area contributed by atoms with Crippen LogP contribution in [-0.4, -0.2) is 42.1 Å². The Morgan fingerprint density at radius 1 is 1.23 bits per heavy atom. The summed E-state index contributed by atoms with van der Waals surface area (Å²) >= 11 is 7.36. The van der Waals surface area contributed by atoms with Crippen molar-refractivity contribution in [3.8, 4) is 28.1 Å². The van der Waals surface area contributed by atoms with Gasteiger partial charge in [-0.15, -0.1) is 0 Å². The van der Waals surface area contributed by atoms with E-state index in [1.807, 2.05) is 19.2 Å². The summed E-state index contributed by atoms with van der Waals surface area (Å²) in [5.41, 5.74) is 2.35. The average Bonchev–Trinajstić information content (AvgIpc) is 3.48. The number of hydrogen-bond acceptors (Lipinski definition) is 6. The molecule has 0 bridgehead atoms. The van der Waals surface area contributed by atoms with Gasteiger partial charge >= 0.3 is 0 Å². The number of nitrogens with zero attached hydrogens (tertiary/aromatic N) is 4. The number of hydrogen-bond donors (Lipinski definition) is 0. The number of halogens is 2. The van der Waals surface area contributed by atoms with Gasteiger partial charge in [0.15, 0.2) is 16.7 Å². The van der Waals surface area contributed by atoms with Crippen molar-refractivity contribution in [3.63, 3.8) is 0 Å². The van der Waals surface area contributed by atoms with Crippen LogP contribution in [0.1, 0.15) is 58.3 Å². The molecule has 6 nitrogen and oxygen atoms in total. The van der Waals surface area contributed by atoms with Gasteiger partial charge in [0.2, 0.25) is 11.0 Å². The molecule has 0 saturated heterocycles. The lowest BCUT2D eigenvalue weighted by atomic mass is 9.90. The fourth-order valence-electron chi connectivity index (χ4n) is 5.95. The largest absolute Gasteiger partial charge is 0.488 e. The Morgan fingerprint density at radius 2 is 2.03 bits per heavy atom. The van der Waals surface area contributed by atoms with Gasteiger partial charge in [-0.05, 0) is 55.4 Å². The molecule has 1 aliphatic heterocycles. The SMILES string of the molecule is CC[C@H](CC1CCCC1)C(=O)N(c1nc(-c2cc(Cl)ccc2-c2cnc3c(c2)OCCN3C)c(F)s1)C1CC1. The average molecular weight is 569 g/mol. The molecule has 2 saturated carbocycles. The van der Waals surface area contributed by atoms with Crippen molar-refractivity contribution in [1.82, 2.24) is 9.97 Å². The third-order valence-corrected chi connectivity index (χ3v) is 9.37. The Kier molecular flexibility index (Phi) is 7.51. The van der Waals surface area contributed by atoms with Crippen LogP contribution in [0, 0.1) is 17.0 Å². The summed E-state index contributed by atoms with van der Waals surface area (Å²) in [6, 6.07) is 7.43. The van der Waals surface area contributed by atoms with Crippen LogP contribution in [0.25, 0.3) is 22.4 Å². The van der Waals surface area contributed by atoms with Gasteiger partial charge in [-0.2, -0.15) is 4.39 Å². The first-order valence-corrected chi connectivity index (χ1v) is 15.3. The van der Waals surface area contributed by atoms with Crippen molar-refractivity contribution in [2.75, 3.05) is 30.0 Å². The van der Waals surface area contributed by atoms with E-state index in [1.54, 1.807) is 23.2 Å². The molecule has 1 amide bonds. The summed E-state index contributed by atoms with van der Waals surface area (Å²) in [6.45, 7) is 3.44. The van der Waals surface area contributed by atoms with Gasteiger partial charge in [-0.3, -0.25) is 9.69 Å². The zero-order valence-corrected chi connectivity index (χ0v) is 24.0. The van der Waals surface area contributed by atoms with Gasteiger partial charge in [-0.25, -0.2) is 9.97 Å². The monoisotopic (exact) mass is 568 g/mol. The summed E-state index contributed by atoms with van der Waals surface area (Å²) in [6.07, 6.45) is 10.3. The Balaban J connectivity index is 1.35. The molecule has 2 aromatic heterocycles. The first-order valence-electron chi connectivity index (χ1n) is 14.1. The van der Waals surface area contributed by atoms with Crippen molar-refractivity contribution in [1.29, 1.82) is 0 Å². The lowest BCUT2D eigenvalue weighted by molar-refractivity contribution is -0.123. The summed E-state index contributed by atoms with van der Waals surface area (Å²) in [5, 5.41) is 0.513. The molecule has 0 radical (unpaired) electrons. The minimum atomic E-state index is -0.419. The van der Waals surface area contributed by atoms with E-state index in [0.717, 1.165) is 60.5 Å². The highest BCUT2D eigenvalue weighted by Gasteiger charge is 2.39. The van der Waals surface area contributed by atoms with Crippen molar-refractivity contribution in [3.05, 3.63) is 40.6 Å². The van der Waals surface area contributed by atoms with Crippen molar-refractivity contribution in [2.45, 2.75) is 64.3 Å². The molecule has 1 atom stereocenters. The standard InChI is InChI=1S/C30H34ClFN4O2S/c1-3-19(14-18-6-4-5-7-18)29(37)36(22-9-10-22)30-34-26(27(32)39-30)24-16-21(31)8-11-23(24)20-15-25-28(33-17-20)35(2)12-13-38-25/h8,11,15-19,22H,3-7,9-10,12-14H2,1-2H3/t19-/m1/s1. The lowest BCUT2D eigenvalue weighted by Gasteiger charge is -2.26. The fourth-order valence-corrected chi connectivity index (χ4v) is 7.01. The van der Waals surface area contributed by atoms with Gasteiger partial charge in [0, 0.05) is 41.4 Å². The van der Waals surface area contributed by atoms with E-state index >= 15 is 4.39 Å². The second-order valence-electron chi connectivity index (χ2n) is 11.1. The zero-order chi connectivity index (χ0) is 27.1. The number of amides is 1. The van der Waals surface area contributed by atoms with E-state index < -0.39 is 5.13 Å². The fraction of sp³-hybridized carbons (Fsp3) is 0.500. The minimum absolute atomic E-state index is 0.0504. The van der Waals surface area contributed by atoms with E-state index in [1.165, 1.54) is 25.7 Å². The number of benzene rings is 1. The summed E-state index contributed by atoms with van der Waals surface area (Å²) < 4.78 is 21.6. The number of carbonyl (C=O) groups excluding carboxylic acids is 1. The number of carbonyl (C=O) groups is 1. The van der Waals surface area contributed by atoms with Crippen LogP contribution in [0.3, 0.4) is 0 Å². The minimum Gasteiger partial charge on any atom is -0.488 e. The maximum Gasteiger partial charge on any atom is 0.232 e. The van der Waals surface area contributed by atoms with E-state index in [4.69, 9.17) is 21.3 Å². The topological polar surface area (TPSA) is 58.6 Å². The number of ether oxygens (including phenoxy) is 1. The molecule has 2 fully saturated rings. The molecule has 39 heavy (non-hydrogen) atoms. The third-order valence-electron chi connectivity index (χ3n) is 8.29. The van der Waals surface area contributed by atoms with Crippen LogP contribution in [0.15, 0.2) is 30.5 Å². The number of rotatable bonds is 8. The van der Waals surface area contributed by atoms with Crippen LogP contribution >= 0.6 is 22.9 Å². The molecule has 2 aliphatic carbocycles. The van der Waals surface area contributed by atoms with Crippen LogP contribution in [0.4, 0.5) is 15.3 Å². The summed E-state index contributed by atoms with van der Waals surface area (Å²) in [5.74, 6) is 2.14. The highest BCUT2D eigenvalue weighted by molar-refractivity contribution is 7.14. The highest BCUT2D eigenvalue weighted by Crippen LogP contribution is 2.43. The summed E-state index contributed by atoms with van der Waals surface area (Å²) in [4.78, 5) is 27.1. The molecule has 0 unspecified atom stereocenters. The maximum absolute atomic E-state index is 15.7. The van der Waals surface area contributed by atoms with Gasteiger partial charge < -0.3 is 9.64 Å². The van der Waals surface area contributed by atoms with Crippen LogP contribution in [0.5, 0.6) is 5.75 Å². The Bertz CT molecular complexity index is 1370. The number of likely N-dealkylation sites (N-methyl/N-ethyl adjacent to an activating group) is 1. The molecule has 0 N–H and O–H groups in total. The number of thiazole rings is 1. The second-order valence-corrected chi connectivity index (χ2v) is 12.4. The maximum atomic E-state index is 15.7. The molecular weight excluding hydrogens is 535 g/mol. The van der Waals surface area contributed by atoms with Crippen LogP contribution in [-0.2, 0) is 4.79 Å². The van der Waals surface area contributed by atoms with Crippen molar-refractivity contribution >= 4 is 39.8 Å². The van der Waals surface area contributed by atoms with Gasteiger partial charge in [0.05, 0.1) is 6.54 Å². The molecule has 206 valence electrons. The highest BCUT2D eigenvalue weighted by atomic mass is 35.5. The van der Waals surface area contributed by atoms with Crippen LogP contribution in [0.2, 0.25) is 5.02 Å². The molecule has 0 spiro atoms. The van der Waals surface area contributed by atoms with E-state index in [9.17, 15) is 4.79 Å². The Morgan fingerprint density at radius 3 is 2.77 bits per heavy atom. The quantitative estimate of drug-likeness (QED) is 0.280. The van der Waals surface area contributed by atoms with Crippen LogP contribution < -0.4 is 14.5 Å². The van der Waals surface area contributed by atoms with Gasteiger partial charge in [0.1, 0.15) is 12.3 Å². The second kappa shape index (κ2) is 11.0. The van der Waals surface area contributed by atoms with E-state index in [2.05, 4.69) is 16.8 Å². The Labute approximate surface area is 238 Å². The molecule has 9 heteroatoms. The molecule has 6 rings (SSSR count). The first kappa shape index (κ1) is 26.5. The van der Waals surface area contributed by atoms with Gasteiger partial charge in [0.25, 0.3) is 0 Å². The number of fused-ring (bicyclic) bond motifs is 1. The van der Waals surface area contributed by atoms with Gasteiger partial charge in [-0.1, -0.05) is 61.6 Å². The van der Waals surface area contributed by atoms with E-state index in [0.29, 0.717) is 34.0 Å². The molecule has 3 aromatic rings. The number of aromatic nitrogens is 2. The summed E-state index contributed by atoms with van der Waals surface area (Å²) in [7, 11) is 1.98. The number of pyridine rings is 1. The molecule has 3 heterocycles. The first-order chi connectivity index (χ1) is 18.9. The Hall–Kier alpha value is -2.71. The molecular formula is C30H34ClFN4O2S. The smallest absolute Gasteiger partial charge is 0.232 e. The third kappa shape index (κ3) is 5.38. The molecule has 3 aliphatic rings. The zero-order valence-electron chi connectivity index (χ0n) is 22.5. The van der Waals surface area contributed by atoms with E-state index in [-0.39, 0.29) is 23.6 Å². The number of anilines is 2. The lowest BCUT2D eigenvalue weighted by Crippen LogP contribution is -2.38. The predicted molar refractivity (Wildman–Crippen MR) is 155 cm³/mol. The normalized spacial score (nSPS) is 18.1. The van der Waals surface area contributed by atoms with Crippen molar-refractivity contribution in [2.24, 2.45) is 11.8 Å². The predicted octanol–water partition coefficient (Wildman–Crippen LogP) is 7.60. The molecule has 1 aromatic carbocycles. The van der Waals surface area contributed by atoms with Crippen molar-refractivity contribution < 1.29 is 13.9 Å².